The van der Waals surface area contributed by atoms with Crippen molar-refractivity contribution in [1.29, 1.82) is 5.26 Å². The maximum Gasteiger partial charge on any atom is 0.121 e. The molecule has 0 unspecified atom stereocenters. The minimum absolute atomic E-state index is 0.538. The second kappa shape index (κ2) is 7.53. The Morgan fingerprint density at radius 1 is 1.25 bits per heavy atom. The summed E-state index contributed by atoms with van der Waals surface area (Å²) in [5.41, 5.74) is 0.992. The summed E-state index contributed by atoms with van der Waals surface area (Å²) in [6.45, 7) is 1.81. The molecule has 0 saturated carbocycles. The predicted molar refractivity (Wildman–Crippen MR) is 80.2 cm³/mol. The molecule has 0 bridgehead atoms. The van der Waals surface area contributed by atoms with Crippen LogP contribution in [0.1, 0.15) is 9.75 Å². The maximum atomic E-state index is 8.79. The van der Waals surface area contributed by atoms with Crippen LogP contribution >= 0.6 is 11.3 Å². The topological polar surface area (TPSA) is 54.3 Å². The van der Waals surface area contributed by atoms with Gasteiger partial charge < -0.3 is 14.8 Å². The van der Waals surface area contributed by atoms with Gasteiger partial charge in [0.2, 0.25) is 0 Å². The minimum Gasteiger partial charge on any atom is -0.491 e. The normalized spacial score (nSPS) is 10.0. The Hall–Kier alpha value is -2.03. The summed E-state index contributed by atoms with van der Waals surface area (Å²) in [5.74, 6) is 0.816. The van der Waals surface area contributed by atoms with Gasteiger partial charge in [0.15, 0.2) is 0 Å². The van der Waals surface area contributed by atoms with E-state index in [0.29, 0.717) is 19.8 Å². The summed E-state index contributed by atoms with van der Waals surface area (Å²) < 4.78 is 10.5. The lowest BCUT2D eigenvalue weighted by molar-refractivity contribution is 0.146. The van der Waals surface area contributed by atoms with E-state index in [9.17, 15) is 0 Å². The summed E-state index contributed by atoms with van der Waals surface area (Å²) in [6, 6.07) is 13.8. The zero-order valence-corrected chi connectivity index (χ0v) is 12.1. The molecule has 0 spiro atoms. The van der Waals surface area contributed by atoms with E-state index >= 15 is 0 Å². The van der Waals surface area contributed by atoms with Crippen LogP contribution in [0.2, 0.25) is 0 Å². The molecule has 0 atom stereocenters. The van der Waals surface area contributed by atoms with Crippen molar-refractivity contribution >= 4 is 17.0 Å². The highest BCUT2D eigenvalue weighted by molar-refractivity contribution is 7.12. The van der Waals surface area contributed by atoms with Gasteiger partial charge in [-0.2, -0.15) is 5.26 Å². The molecule has 104 valence electrons. The first-order valence-corrected chi connectivity index (χ1v) is 7.08. The molecule has 1 N–H and O–H groups in total. The first-order chi connectivity index (χ1) is 9.81. The average Bonchev–Trinajstić information content (AvgIpc) is 2.94. The summed E-state index contributed by atoms with van der Waals surface area (Å²) in [7, 11) is 1.65. The van der Waals surface area contributed by atoms with Crippen LogP contribution in [-0.2, 0) is 11.3 Å². The fourth-order valence-electron chi connectivity index (χ4n) is 1.66. The quantitative estimate of drug-likeness (QED) is 0.795. The molecule has 0 fully saturated rings. The van der Waals surface area contributed by atoms with Crippen molar-refractivity contribution in [3.63, 3.8) is 0 Å². The van der Waals surface area contributed by atoms with Crippen LogP contribution in [0.4, 0.5) is 5.69 Å². The Balaban J connectivity index is 1.89. The summed E-state index contributed by atoms with van der Waals surface area (Å²) in [5, 5.41) is 12.1. The number of rotatable bonds is 7. The van der Waals surface area contributed by atoms with E-state index in [-0.39, 0.29) is 0 Å². The maximum absolute atomic E-state index is 8.79. The fourth-order valence-corrected chi connectivity index (χ4v) is 2.41. The predicted octanol–water partition coefficient (Wildman–Crippen LogP) is 3.26. The zero-order valence-electron chi connectivity index (χ0n) is 11.3. The number of anilines is 1. The number of thiophene rings is 1. The van der Waals surface area contributed by atoms with Crippen molar-refractivity contribution in [3.8, 4) is 11.8 Å². The minimum atomic E-state index is 0.538. The zero-order chi connectivity index (χ0) is 14.2. The molecule has 2 aromatic rings. The second-order valence-corrected chi connectivity index (χ2v) is 5.27. The molecule has 20 heavy (non-hydrogen) atoms. The van der Waals surface area contributed by atoms with E-state index in [0.717, 1.165) is 21.2 Å². The van der Waals surface area contributed by atoms with Crippen LogP contribution in [0.3, 0.4) is 0 Å². The molecule has 0 saturated heterocycles. The molecule has 1 aromatic carbocycles. The lowest BCUT2D eigenvalue weighted by atomic mass is 10.3. The van der Waals surface area contributed by atoms with Crippen molar-refractivity contribution in [2.24, 2.45) is 0 Å². The van der Waals surface area contributed by atoms with Crippen molar-refractivity contribution in [3.05, 3.63) is 46.2 Å². The van der Waals surface area contributed by atoms with E-state index in [1.807, 2.05) is 36.4 Å². The van der Waals surface area contributed by atoms with Gasteiger partial charge in [0.25, 0.3) is 0 Å². The van der Waals surface area contributed by atoms with Crippen LogP contribution in [0.15, 0.2) is 36.4 Å². The molecule has 0 aliphatic heterocycles. The highest BCUT2D eigenvalue weighted by atomic mass is 32.1. The molecule has 1 aromatic heterocycles. The van der Waals surface area contributed by atoms with Crippen molar-refractivity contribution in [1.82, 2.24) is 0 Å². The highest BCUT2D eigenvalue weighted by Gasteiger charge is 2.00. The van der Waals surface area contributed by atoms with E-state index < -0.39 is 0 Å². The Kier molecular flexibility index (Phi) is 5.42. The SMILES string of the molecule is COCCOc1cccc(NCc2ccc(C#N)s2)c1. The summed E-state index contributed by atoms with van der Waals surface area (Å²) in [6.07, 6.45) is 0. The van der Waals surface area contributed by atoms with Crippen molar-refractivity contribution in [2.75, 3.05) is 25.6 Å². The third-order valence-corrected chi connectivity index (χ3v) is 3.62. The Bertz CT molecular complexity index is 590. The number of methoxy groups -OCH3 is 1. The van der Waals surface area contributed by atoms with Gasteiger partial charge in [0.05, 0.1) is 6.61 Å². The van der Waals surface area contributed by atoms with Crippen LogP contribution in [0.5, 0.6) is 5.75 Å². The van der Waals surface area contributed by atoms with Crippen molar-refractivity contribution < 1.29 is 9.47 Å². The van der Waals surface area contributed by atoms with E-state index in [4.69, 9.17) is 14.7 Å². The first kappa shape index (κ1) is 14.4. The van der Waals surface area contributed by atoms with Gasteiger partial charge in [-0.15, -0.1) is 11.3 Å². The molecule has 5 heteroatoms. The number of benzene rings is 1. The standard InChI is InChI=1S/C15H16N2O2S/c1-18-7-8-19-13-4-2-3-12(9-13)17-11-15-6-5-14(10-16)20-15/h2-6,9,17H,7-8,11H2,1H3. The Morgan fingerprint density at radius 2 is 2.15 bits per heavy atom. The highest BCUT2D eigenvalue weighted by Crippen LogP contribution is 2.20. The third-order valence-electron chi connectivity index (χ3n) is 2.63. The smallest absolute Gasteiger partial charge is 0.121 e. The number of nitrogens with zero attached hydrogens (tertiary/aromatic N) is 1. The lowest BCUT2D eigenvalue weighted by Gasteiger charge is -2.09. The van der Waals surface area contributed by atoms with Crippen LogP contribution in [0, 0.1) is 11.3 Å². The van der Waals surface area contributed by atoms with Gasteiger partial charge in [-0.3, -0.25) is 0 Å². The summed E-state index contributed by atoms with van der Waals surface area (Å²) >= 11 is 1.50. The lowest BCUT2D eigenvalue weighted by Crippen LogP contribution is -2.04. The first-order valence-electron chi connectivity index (χ1n) is 6.26. The second-order valence-electron chi connectivity index (χ2n) is 4.10. The molecule has 0 radical (unpaired) electrons. The molecular weight excluding hydrogens is 272 g/mol. The largest absolute Gasteiger partial charge is 0.491 e. The molecular formula is C15H16N2O2S. The third kappa shape index (κ3) is 4.26. The number of nitrogens with one attached hydrogen (secondary N) is 1. The molecule has 4 nitrogen and oxygen atoms in total. The molecule has 2 rings (SSSR count). The van der Waals surface area contributed by atoms with Gasteiger partial charge in [-0.25, -0.2) is 0 Å². The van der Waals surface area contributed by atoms with Crippen molar-refractivity contribution in [2.45, 2.75) is 6.54 Å². The fraction of sp³-hybridized carbons (Fsp3) is 0.267. The van der Waals surface area contributed by atoms with E-state index in [1.165, 1.54) is 11.3 Å². The molecule has 0 aliphatic rings. The van der Waals surface area contributed by atoms with Gasteiger partial charge in [-0.1, -0.05) is 6.07 Å². The Morgan fingerprint density at radius 3 is 2.90 bits per heavy atom. The Labute approximate surface area is 122 Å². The monoisotopic (exact) mass is 288 g/mol. The molecule has 0 aliphatic carbocycles. The summed E-state index contributed by atoms with van der Waals surface area (Å²) in [4.78, 5) is 1.87. The number of nitriles is 1. The van der Waals surface area contributed by atoms with Crippen LogP contribution < -0.4 is 10.1 Å². The average molecular weight is 288 g/mol. The van der Waals surface area contributed by atoms with E-state index in [2.05, 4.69) is 11.4 Å². The van der Waals surface area contributed by atoms with Crippen LogP contribution in [-0.4, -0.2) is 20.3 Å². The number of hydrogen-bond acceptors (Lipinski definition) is 5. The van der Waals surface area contributed by atoms with E-state index in [1.54, 1.807) is 7.11 Å². The number of ether oxygens (including phenoxy) is 2. The molecule has 0 amide bonds. The van der Waals surface area contributed by atoms with Crippen LogP contribution in [0.25, 0.3) is 0 Å². The number of hydrogen-bond donors (Lipinski definition) is 1. The van der Waals surface area contributed by atoms with Gasteiger partial charge >= 0.3 is 0 Å². The van der Waals surface area contributed by atoms with Gasteiger partial charge in [-0.05, 0) is 24.3 Å². The van der Waals surface area contributed by atoms with Gasteiger partial charge in [0, 0.05) is 30.3 Å². The molecule has 1 heterocycles. The van der Waals surface area contributed by atoms with Gasteiger partial charge in [0.1, 0.15) is 23.3 Å².